The molecule has 0 N–H and O–H groups in total. The van der Waals surface area contributed by atoms with Gasteiger partial charge in [-0.15, -0.1) is 11.6 Å². The van der Waals surface area contributed by atoms with Gasteiger partial charge in [-0.25, -0.2) is 0 Å². The van der Waals surface area contributed by atoms with Crippen LogP contribution in [0.5, 0.6) is 0 Å². The minimum Gasteiger partial charge on any atom is -0.123 e. The van der Waals surface area contributed by atoms with E-state index < -0.39 is 0 Å². The highest BCUT2D eigenvalue weighted by molar-refractivity contribution is 6.20. The Hall–Kier alpha value is 0.290. The second kappa shape index (κ2) is 5.90. The van der Waals surface area contributed by atoms with Gasteiger partial charge in [-0.2, -0.15) is 0 Å². The molecule has 0 spiro atoms. The SMILES string of the molecule is CC(C)CCCC1CCCCC1Cl. The largest absolute Gasteiger partial charge is 0.123 e. The molecule has 0 nitrogen and oxygen atoms in total. The normalized spacial score (nSPS) is 29.5. The second-order valence-corrected chi connectivity index (χ2v) is 5.45. The molecule has 2 unspecified atom stereocenters. The molecule has 0 saturated heterocycles. The summed E-state index contributed by atoms with van der Waals surface area (Å²) in [4.78, 5) is 0. The molecule has 0 aromatic carbocycles. The summed E-state index contributed by atoms with van der Waals surface area (Å²) in [6, 6.07) is 0. The van der Waals surface area contributed by atoms with E-state index in [0.29, 0.717) is 5.38 Å². The highest BCUT2D eigenvalue weighted by Gasteiger charge is 2.22. The Morgan fingerprint density at radius 1 is 1.23 bits per heavy atom. The van der Waals surface area contributed by atoms with Crippen molar-refractivity contribution in [3.8, 4) is 0 Å². The first-order valence-electron chi connectivity index (χ1n) is 5.84. The fraction of sp³-hybridized carbons (Fsp3) is 1.00. The van der Waals surface area contributed by atoms with Gasteiger partial charge in [0, 0.05) is 5.38 Å². The molecule has 1 aliphatic carbocycles. The Balaban J connectivity index is 2.11. The van der Waals surface area contributed by atoms with Crippen LogP contribution in [-0.2, 0) is 0 Å². The van der Waals surface area contributed by atoms with Gasteiger partial charge in [-0.05, 0) is 31.1 Å². The Kier molecular flexibility index (Phi) is 5.16. The third-order valence-corrected chi connectivity index (χ3v) is 3.75. The summed E-state index contributed by atoms with van der Waals surface area (Å²) in [5, 5.41) is 0.487. The fourth-order valence-corrected chi connectivity index (χ4v) is 2.68. The van der Waals surface area contributed by atoms with Crippen LogP contribution < -0.4 is 0 Å². The number of rotatable bonds is 4. The average molecular weight is 203 g/mol. The summed E-state index contributed by atoms with van der Waals surface area (Å²) in [6.45, 7) is 4.61. The number of hydrogen-bond donors (Lipinski definition) is 0. The summed E-state index contributed by atoms with van der Waals surface area (Å²) in [5.41, 5.74) is 0. The molecule has 1 heteroatoms. The molecule has 1 aliphatic rings. The van der Waals surface area contributed by atoms with E-state index in [-0.39, 0.29) is 0 Å². The van der Waals surface area contributed by atoms with Gasteiger partial charge >= 0.3 is 0 Å². The maximum Gasteiger partial charge on any atom is 0.0364 e. The van der Waals surface area contributed by atoms with E-state index in [2.05, 4.69) is 13.8 Å². The molecule has 0 aromatic heterocycles. The molecule has 0 radical (unpaired) electrons. The van der Waals surface area contributed by atoms with Gasteiger partial charge in [0.25, 0.3) is 0 Å². The van der Waals surface area contributed by atoms with E-state index in [1.807, 2.05) is 0 Å². The van der Waals surface area contributed by atoms with Crippen molar-refractivity contribution in [2.24, 2.45) is 11.8 Å². The lowest BCUT2D eigenvalue weighted by Crippen LogP contribution is -2.19. The lowest BCUT2D eigenvalue weighted by molar-refractivity contribution is 0.329. The Bertz CT molecular complexity index is 131. The van der Waals surface area contributed by atoms with Crippen LogP contribution in [0.2, 0.25) is 0 Å². The third kappa shape index (κ3) is 4.35. The minimum atomic E-state index is 0.487. The summed E-state index contributed by atoms with van der Waals surface area (Å²) in [5.74, 6) is 1.69. The van der Waals surface area contributed by atoms with Gasteiger partial charge in [0.15, 0.2) is 0 Å². The molecule has 0 heterocycles. The summed E-state index contributed by atoms with van der Waals surface area (Å²) in [6.07, 6.45) is 9.53. The zero-order valence-corrected chi connectivity index (χ0v) is 9.82. The molecule has 1 saturated carbocycles. The Labute approximate surface area is 88.1 Å². The highest BCUT2D eigenvalue weighted by atomic mass is 35.5. The van der Waals surface area contributed by atoms with Gasteiger partial charge in [0.05, 0.1) is 0 Å². The molecule has 13 heavy (non-hydrogen) atoms. The monoisotopic (exact) mass is 202 g/mol. The van der Waals surface area contributed by atoms with Crippen LogP contribution in [0.25, 0.3) is 0 Å². The van der Waals surface area contributed by atoms with E-state index in [1.54, 1.807) is 0 Å². The predicted octanol–water partition coefficient (Wildman–Crippen LogP) is 4.61. The quantitative estimate of drug-likeness (QED) is 0.584. The molecule has 2 atom stereocenters. The van der Waals surface area contributed by atoms with Crippen molar-refractivity contribution >= 4 is 11.6 Å². The van der Waals surface area contributed by atoms with Crippen LogP contribution >= 0.6 is 11.6 Å². The number of halogens is 1. The first-order chi connectivity index (χ1) is 6.20. The molecule has 0 aliphatic heterocycles. The van der Waals surface area contributed by atoms with Crippen molar-refractivity contribution in [1.82, 2.24) is 0 Å². The lowest BCUT2D eigenvalue weighted by atomic mass is 9.84. The molecule has 1 rings (SSSR count). The van der Waals surface area contributed by atoms with E-state index in [0.717, 1.165) is 11.8 Å². The summed E-state index contributed by atoms with van der Waals surface area (Å²) in [7, 11) is 0. The topological polar surface area (TPSA) is 0 Å². The molecule has 0 bridgehead atoms. The van der Waals surface area contributed by atoms with Crippen LogP contribution in [0, 0.1) is 11.8 Å². The van der Waals surface area contributed by atoms with Gasteiger partial charge in [0.2, 0.25) is 0 Å². The van der Waals surface area contributed by atoms with E-state index in [1.165, 1.54) is 44.9 Å². The van der Waals surface area contributed by atoms with Gasteiger partial charge in [-0.3, -0.25) is 0 Å². The van der Waals surface area contributed by atoms with Crippen LogP contribution in [0.4, 0.5) is 0 Å². The zero-order chi connectivity index (χ0) is 9.68. The predicted molar refractivity (Wildman–Crippen MR) is 60.3 cm³/mol. The van der Waals surface area contributed by atoms with Crippen molar-refractivity contribution in [3.05, 3.63) is 0 Å². The highest BCUT2D eigenvalue weighted by Crippen LogP contribution is 2.32. The van der Waals surface area contributed by atoms with Crippen molar-refractivity contribution in [1.29, 1.82) is 0 Å². The first kappa shape index (κ1) is 11.4. The lowest BCUT2D eigenvalue weighted by Gasteiger charge is -2.27. The standard InChI is InChI=1S/C12H23Cl/c1-10(2)6-5-8-11-7-3-4-9-12(11)13/h10-12H,3-9H2,1-2H3. The molecular formula is C12H23Cl. The van der Waals surface area contributed by atoms with Crippen molar-refractivity contribution < 1.29 is 0 Å². The van der Waals surface area contributed by atoms with Crippen LogP contribution in [0.15, 0.2) is 0 Å². The van der Waals surface area contributed by atoms with Crippen molar-refractivity contribution in [2.75, 3.05) is 0 Å². The molecule has 1 fully saturated rings. The maximum atomic E-state index is 6.30. The Morgan fingerprint density at radius 2 is 1.92 bits per heavy atom. The maximum absolute atomic E-state index is 6.30. The number of hydrogen-bond acceptors (Lipinski definition) is 0. The second-order valence-electron chi connectivity index (χ2n) is 4.89. The van der Waals surface area contributed by atoms with Crippen LogP contribution in [-0.4, -0.2) is 5.38 Å². The van der Waals surface area contributed by atoms with Gasteiger partial charge in [0.1, 0.15) is 0 Å². The van der Waals surface area contributed by atoms with Crippen molar-refractivity contribution in [3.63, 3.8) is 0 Å². The summed E-state index contributed by atoms with van der Waals surface area (Å²) < 4.78 is 0. The Morgan fingerprint density at radius 3 is 2.54 bits per heavy atom. The van der Waals surface area contributed by atoms with Crippen molar-refractivity contribution in [2.45, 2.75) is 64.2 Å². The van der Waals surface area contributed by atoms with E-state index in [4.69, 9.17) is 11.6 Å². The summed E-state index contributed by atoms with van der Waals surface area (Å²) >= 11 is 6.30. The fourth-order valence-electron chi connectivity index (χ4n) is 2.28. The molecule has 78 valence electrons. The smallest absolute Gasteiger partial charge is 0.0364 e. The van der Waals surface area contributed by atoms with Crippen LogP contribution in [0.1, 0.15) is 58.8 Å². The molecular weight excluding hydrogens is 180 g/mol. The third-order valence-electron chi connectivity index (χ3n) is 3.17. The molecule has 0 aromatic rings. The van der Waals surface area contributed by atoms with Gasteiger partial charge < -0.3 is 0 Å². The first-order valence-corrected chi connectivity index (χ1v) is 6.28. The van der Waals surface area contributed by atoms with Crippen LogP contribution in [0.3, 0.4) is 0 Å². The molecule has 0 amide bonds. The average Bonchev–Trinajstić information content (AvgIpc) is 2.08. The zero-order valence-electron chi connectivity index (χ0n) is 9.06. The number of alkyl halides is 1. The van der Waals surface area contributed by atoms with E-state index in [9.17, 15) is 0 Å². The van der Waals surface area contributed by atoms with Gasteiger partial charge in [-0.1, -0.05) is 39.5 Å². The minimum absolute atomic E-state index is 0.487. The van der Waals surface area contributed by atoms with E-state index >= 15 is 0 Å².